The van der Waals surface area contributed by atoms with Crippen LogP contribution in [0.3, 0.4) is 0 Å². The molecule has 128 valence electrons. The summed E-state index contributed by atoms with van der Waals surface area (Å²) in [7, 11) is 1.60. The maximum atomic E-state index is 12.9. The second-order valence-electron chi connectivity index (χ2n) is 5.02. The molecule has 0 fully saturated rings. The molecule has 2 aromatic rings. The van der Waals surface area contributed by atoms with Crippen LogP contribution in [0.5, 0.6) is 5.75 Å². The Balaban J connectivity index is 1.87. The summed E-state index contributed by atoms with van der Waals surface area (Å²) in [6.07, 6.45) is -3.74. The Hall–Kier alpha value is -2.28. The number of hydrogen-bond donors (Lipinski definition) is 2. The summed E-state index contributed by atoms with van der Waals surface area (Å²) in [4.78, 5) is 0. The van der Waals surface area contributed by atoms with Gasteiger partial charge in [0.25, 0.3) is 0 Å². The van der Waals surface area contributed by atoms with Crippen molar-refractivity contribution in [1.29, 1.82) is 0 Å². The Morgan fingerprint density at radius 2 is 1.75 bits per heavy atom. The van der Waals surface area contributed by atoms with Crippen molar-refractivity contribution < 1.29 is 17.9 Å². The Morgan fingerprint density at radius 3 is 2.38 bits per heavy atom. The highest BCUT2D eigenvalue weighted by Crippen LogP contribution is 2.34. The molecule has 0 aliphatic carbocycles. The molecule has 0 atom stereocenters. The van der Waals surface area contributed by atoms with Crippen LogP contribution in [-0.4, -0.2) is 18.8 Å². The number of halogens is 3. The van der Waals surface area contributed by atoms with E-state index in [-0.39, 0.29) is 10.8 Å². The standard InChI is InChI=1S/C17H17F3N2OS/c1-23-13-8-6-12(7-9-13)10-11-21-16(24)22-15-5-3-2-4-14(15)17(18,19)20/h2-9H,10-11H2,1H3,(H2,21,22,24). The van der Waals surface area contributed by atoms with Crippen molar-refractivity contribution in [3.05, 3.63) is 59.7 Å². The largest absolute Gasteiger partial charge is 0.497 e. The summed E-state index contributed by atoms with van der Waals surface area (Å²) in [5.41, 5.74) is 0.262. The minimum Gasteiger partial charge on any atom is -0.497 e. The molecule has 0 spiro atoms. The lowest BCUT2D eigenvalue weighted by molar-refractivity contribution is -0.136. The number of anilines is 1. The van der Waals surface area contributed by atoms with Crippen LogP contribution in [0.1, 0.15) is 11.1 Å². The zero-order valence-electron chi connectivity index (χ0n) is 13.0. The molecule has 7 heteroatoms. The number of methoxy groups -OCH3 is 1. The second kappa shape index (κ2) is 8.01. The molecule has 0 aromatic heterocycles. The van der Waals surface area contributed by atoms with Crippen LogP contribution in [0, 0.1) is 0 Å². The molecule has 0 saturated carbocycles. The number of ether oxygens (including phenoxy) is 1. The number of benzene rings is 2. The van der Waals surface area contributed by atoms with Gasteiger partial charge in [-0.3, -0.25) is 0 Å². The third-order valence-electron chi connectivity index (χ3n) is 3.34. The van der Waals surface area contributed by atoms with Crippen molar-refractivity contribution in [3.8, 4) is 5.75 Å². The molecule has 2 N–H and O–H groups in total. The van der Waals surface area contributed by atoms with Crippen molar-refractivity contribution >= 4 is 23.0 Å². The molecule has 0 aliphatic rings. The monoisotopic (exact) mass is 354 g/mol. The molecule has 0 bridgehead atoms. The SMILES string of the molecule is COc1ccc(CCNC(=S)Nc2ccccc2C(F)(F)F)cc1. The van der Waals surface area contributed by atoms with Gasteiger partial charge in [-0.2, -0.15) is 13.2 Å². The van der Waals surface area contributed by atoms with Crippen molar-refractivity contribution in [1.82, 2.24) is 5.32 Å². The Labute approximate surface area is 143 Å². The molecular weight excluding hydrogens is 337 g/mol. The lowest BCUT2D eigenvalue weighted by Gasteiger charge is -2.15. The van der Waals surface area contributed by atoms with Gasteiger partial charge in [0.05, 0.1) is 18.4 Å². The Kier molecular flexibility index (Phi) is 6.03. The van der Waals surface area contributed by atoms with Gasteiger partial charge in [-0.05, 0) is 48.5 Å². The predicted molar refractivity (Wildman–Crippen MR) is 92.4 cm³/mol. The van der Waals surface area contributed by atoms with E-state index in [0.717, 1.165) is 17.4 Å². The van der Waals surface area contributed by atoms with Gasteiger partial charge in [-0.15, -0.1) is 0 Å². The number of nitrogens with one attached hydrogen (secondary N) is 2. The highest BCUT2D eigenvalue weighted by Gasteiger charge is 2.33. The minimum absolute atomic E-state index is 0.0630. The van der Waals surface area contributed by atoms with E-state index in [9.17, 15) is 13.2 Å². The van der Waals surface area contributed by atoms with Gasteiger partial charge in [0.15, 0.2) is 5.11 Å². The quantitative estimate of drug-likeness (QED) is 0.787. The van der Waals surface area contributed by atoms with Crippen molar-refractivity contribution in [2.24, 2.45) is 0 Å². The van der Waals surface area contributed by atoms with Crippen LogP contribution < -0.4 is 15.4 Å². The normalized spacial score (nSPS) is 11.0. The number of hydrogen-bond acceptors (Lipinski definition) is 2. The summed E-state index contributed by atoms with van der Waals surface area (Å²) in [6, 6.07) is 12.8. The van der Waals surface area contributed by atoms with E-state index in [2.05, 4.69) is 10.6 Å². The number of alkyl halides is 3. The van der Waals surface area contributed by atoms with Gasteiger partial charge in [0.1, 0.15) is 5.75 Å². The molecule has 3 nitrogen and oxygen atoms in total. The van der Waals surface area contributed by atoms with Gasteiger partial charge in [0, 0.05) is 6.54 Å². The molecule has 24 heavy (non-hydrogen) atoms. The van der Waals surface area contributed by atoms with Gasteiger partial charge in [-0.25, -0.2) is 0 Å². The fourth-order valence-corrected chi connectivity index (χ4v) is 2.33. The van der Waals surface area contributed by atoms with E-state index >= 15 is 0 Å². The lowest BCUT2D eigenvalue weighted by Crippen LogP contribution is -2.31. The van der Waals surface area contributed by atoms with E-state index in [1.54, 1.807) is 7.11 Å². The molecule has 0 saturated heterocycles. The summed E-state index contributed by atoms with van der Waals surface area (Å²) in [6.45, 7) is 0.506. The van der Waals surface area contributed by atoms with Gasteiger partial charge >= 0.3 is 6.18 Å². The van der Waals surface area contributed by atoms with E-state index < -0.39 is 11.7 Å². The number of thiocarbonyl (C=S) groups is 1. The zero-order valence-corrected chi connectivity index (χ0v) is 13.8. The zero-order chi connectivity index (χ0) is 17.6. The topological polar surface area (TPSA) is 33.3 Å². The predicted octanol–water partition coefficient (Wildman–Crippen LogP) is 4.24. The Morgan fingerprint density at radius 1 is 1.08 bits per heavy atom. The highest BCUT2D eigenvalue weighted by atomic mass is 32.1. The summed E-state index contributed by atoms with van der Waals surface area (Å²) in [5, 5.41) is 5.66. The molecule has 2 rings (SSSR count). The van der Waals surface area contributed by atoms with Crippen LogP contribution in [0.4, 0.5) is 18.9 Å². The molecule has 0 radical (unpaired) electrons. The van der Waals surface area contributed by atoms with Crippen LogP contribution in [-0.2, 0) is 12.6 Å². The smallest absolute Gasteiger partial charge is 0.418 e. The van der Waals surface area contributed by atoms with Crippen molar-refractivity contribution in [2.75, 3.05) is 19.0 Å². The van der Waals surface area contributed by atoms with Crippen LogP contribution in [0.2, 0.25) is 0 Å². The highest BCUT2D eigenvalue weighted by molar-refractivity contribution is 7.80. The van der Waals surface area contributed by atoms with E-state index in [4.69, 9.17) is 17.0 Å². The summed E-state index contributed by atoms with van der Waals surface area (Å²) in [5.74, 6) is 0.771. The van der Waals surface area contributed by atoms with Gasteiger partial charge in [-0.1, -0.05) is 24.3 Å². The molecule has 0 heterocycles. The second-order valence-corrected chi connectivity index (χ2v) is 5.43. The van der Waals surface area contributed by atoms with Crippen molar-refractivity contribution in [3.63, 3.8) is 0 Å². The fraction of sp³-hybridized carbons (Fsp3) is 0.235. The minimum atomic E-state index is -4.43. The molecular formula is C17H17F3N2OS. The molecule has 0 aliphatic heterocycles. The van der Waals surface area contributed by atoms with E-state index in [1.165, 1.54) is 18.2 Å². The fourth-order valence-electron chi connectivity index (χ4n) is 2.12. The van der Waals surface area contributed by atoms with Crippen molar-refractivity contribution in [2.45, 2.75) is 12.6 Å². The third kappa shape index (κ3) is 5.13. The van der Waals surface area contributed by atoms with Gasteiger partial charge in [0.2, 0.25) is 0 Å². The van der Waals surface area contributed by atoms with Crippen LogP contribution >= 0.6 is 12.2 Å². The first-order chi connectivity index (χ1) is 11.4. The number of rotatable bonds is 5. The third-order valence-corrected chi connectivity index (χ3v) is 3.59. The first kappa shape index (κ1) is 18.1. The average molecular weight is 354 g/mol. The van der Waals surface area contributed by atoms with Crippen LogP contribution in [0.25, 0.3) is 0 Å². The first-order valence-electron chi connectivity index (χ1n) is 7.24. The first-order valence-corrected chi connectivity index (χ1v) is 7.65. The summed E-state index contributed by atoms with van der Waals surface area (Å²) < 4.78 is 43.8. The molecule has 2 aromatic carbocycles. The van der Waals surface area contributed by atoms with Gasteiger partial charge < -0.3 is 15.4 Å². The van der Waals surface area contributed by atoms with E-state index in [0.29, 0.717) is 13.0 Å². The molecule has 0 unspecified atom stereocenters. The maximum Gasteiger partial charge on any atom is 0.418 e. The Bertz CT molecular complexity index is 687. The summed E-state index contributed by atoms with van der Waals surface area (Å²) >= 11 is 5.06. The molecule has 0 amide bonds. The average Bonchev–Trinajstić information content (AvgIpc) is 2.55. The lowest BCUT2D eigenvalue weighted by atomic mass is 10.1. The van der Waals surface area contributed by atoms with E-state index in [1.807, 2.05) is 24.3 Å². The van der Waals surface area contributed by atoms with Crippen LogP contribution in [0.15, 0.2) is 48.5 Å². The maximum absolute atomic E-state index is 12.9. The number of para-hydroxylation sites is 1.